The molecule has 0 bridgehead atoms. The Bertz CT molecular complexity index is 463. The minimum Gasteiger partial charge on any atom is -0.484 e. The molecule has 2 N–H and O–H groups in total. The van der Waals surface area contributed by atoms with Crippen LogP contribution in [-0.4, -0.2) is 35.8 Å². The van der Waals surface area contributed by atoms with Crippen LogP contribution in [-0.2, 0) is 6.42 Å². The Morgan fingerprint density at radius 2 is 2.10 bits per heavy atom. The first-order valence-corrected chi connectivity index (χ1v) is 7.22. The van der Waals surface area contributed by atoms with Crippen LogP contribution in [0.1, 0.15) is 26.3 Å². The van der Waals surface area contributed by atoms with Crippen molar-refractivity contribution in [2.45, 2.75) is 33.3 Å². The molecule has 6 heteroatoms. The molecular formula is C15H24N2O4. The second-order valence-corrected chi connectivity index (χ2v) is 5.43. The van der Waals surface area contributed by atoms with E-state index in [0.717, 1.165) is 18.5 Å². The molecule has 0 aliphatic rings. The van der Waals surface area contributed by atoms with Gasteiger partial charge in [0.1, 0.15) is 12.7 Å². The fraction of sp³-hybridized carbons (Fsp3) is 0.600. The fourth-order valence-corrected chi connectivity index (χ4v) is 1.83. The van der Waals surface area contributed by atoms with Gasteiger partial charge in [0.05, 0.1) is 4.92 Å². The van der Waals surface area contributed by atoms with Crippen LogP contribution in [0, 0.1) is 16.0 Å². The molecule has 0 saturated heterocycles. The molecule has 0 aliphatic carbocycles. The zero-order chi connectivity index (χ0) is 15.8. The maximum Gasteiger partial charge on any atom is 0.311 e. The van der Waals surface area contributed by atoms with Gasteiger partial charge in [0.2, 0.25) is 0 Å². The summed E-state index contributed by atoms with van der Waals surface area (Å²) in [5, 5.41) is 23.9. The van der Waals surface area contributed by atoms with Crippen LogP contribution in [0.4, 0.5) is 5.69 Å². The number of ether oxygens (including phenoxy) is 1. The number of aryl methyl sites for hydroxylation is 1. The Labute approximate surface area is 125 Å². The summed E-state index contributed by atoms with van der Waals surface area (Å²) in [6, 6.07) is 4.90. The summed E-state index contributed by atoms with van der Waals surface area (Å²) < 4.78 is 5.39. The van der Waals surface area contributed by atoms with Gasteiger partial charge in [0.25, 0.3) is 0 Å². The number of hydrogen-bond acceptors (Lipinski definition) is 5. The molecule has 0 aliphatic heterocycles. The standard InChI is InChI=1S/C15H24N2O4/c1-4-12-5-6-15(14(7-12)17(19)20)21-10-13(18)9-16-8-11(2)3/h5-7,11,13,16,18H,4,8-10H2,1-3H3. The fourth-order valence-electron chi connectivity index (χ4n) is 1.83. The lowest BCUT2D eigenvalue weighted by atomic mass is 10.1. The van der Waals surface area contributed by atoms with Crippen molar-refractivity contribution in [2.24, 2.45) is 5.92 Å². The van der Waals surface area contributed by atoms with Crippen molar-refractivity contribution in [3.05, 3.63) is 33.9 Å². The monoisotopic (exact) mass is 296 g/mol. The van der Waals surface area contributed by atoms with Crippen molar-refractivity contribution in [1.82, 2.24) is 5.32 Å². The first-order chi connectivity index (χ1) is 9.93. The summed E-state index contributed by atoms with van der Waals surface area (Å²) in [5.74, 6) is 0.695. The molecule has 6 nitrogen and oxygen atoms in total. The topological polar surface area (TPSA) is 84.6 Å². The number of nitro benzene ring substituents is 1. The lowest BCUT2D eigenvalue weighted by molar-refractivity contribution is -0.386. The van der Waals surface area contributed by atoms with Crippen LogP contribution >= 0.6 is 0 Å². The molecule has 1 atom stereocenters. The van der Waals surface area contributed by atoms with Gasteiger partial charge in [-0.3, -0.25) is 10.1 Å². The predicted molar refractivity (Wildman–Crippen MR) is 81.7 cm³/mol. The molecule has 21 heavy (non-hydrogen) atoms. The van der Waals surface area contributed by atoms with Crippen molar-refractivity contribution in [3.63, 3.8) is 0 Å². The highest BCUT2D eigenvalue weighted by molar-refractivity contribution is 5.48. The van der Waals surface area contributed by atoms with E-state index in [0.29, 0.717) is 12.5 Å². The molecule has 1 rings (SSSR count). The van der Waals surface area contributed by atoms with Gasteiger partial charge in [-0.1, -0.05) is 26.8 Å². The van der Waals surface area contributed by atoms with E-state index < -0.39 is 11.0 Å². The summed E-state index contributed by atoms with van der Waals surface area (Å²) in [6.07, 6.45) is 0.0253. The molecule has 1 aromatic carbocycles. The van der Waals surface area contributed by atoms with Gasteiger partial charge in [0, 0.05) is 12.6 Å². The molecule has 0 aromatic heterocycles. The maximum absolute atomic E-state index is 11.0. The SMILES string of the molecule is CCc1ccc(OCC(O)CNCC(C)C)c([N+](=O)[O-])c1. The van der Waals surface area contributed by atoms with Crippen molar-refractivity contribution in [3.8, 4) is 5.75 Å². The summed E-state index contributed by atoms with van der Waals surface area (Å²) >= 11 is 0. The average Bonchev–Trinajstić information content (AvgIpc) is 2.44. The highest BCUT2D eigenvalue weighted by Gasteiger charge is 2.17. The maximum atomic E-state index is 11.0. The lowest BCUT2D eigenvalue weighted by Crippen LogP contribution is -2.33. The Balaban J connectivity index is 2.56. The molecule has 118 valence electrons. The van der Waals surface area contributed by atoms with Gasteiger partial charge >= 0.3 is 5.69 Å². The third kappa shape index (κ3) is 6.10. The van der Waals surface area contributed by atoms with Gasteiger partial charge in [0.15, 0.2) is 5.75 Å². The van der Waals surface area contributed by atoms with Crippen molar-refractivity contribution < 1.29 is 14.8 Å². The molecular weight excluding hydrogens is 272 g/mol. The number of aliphatic hydroxyl groups is 1. The zero-order valence-electron chi connectivity index (χ0n) is 12.8. The van der Waals surface area contributed by atoms with E-state index in [1.165, 1.54) is 6.07 Å². The highest BCUT2D eigenvalue weighted by atomic mass is 16.6. The number of nitro groups is 1. The summed E-state index contributed by atoms with van der Waals surface area (Å²) in [5.41, 5.74) is 0.824. The third-order valence-corrected chi connectivity index (χ3v) is 2.99. The Kier molecular flexibility index (Phi) is 7.11. The van der Waals surface area contributed by atoms with Crippen LogP contribution < -0.4 is 10.1 Å². The number of nitrogens with zero attached hydrogens (tertiary/aromatic N) is 1. The van der Waals surface area contributed by atoms with E-state index in [4.69, 9.17) is 4.74 Å². The van der Waals surface area contributed by atoms with E-state index in [2.05, 4.69) is 19.2 Å². The summed E-state index contributed by atoms with van der Waals surface area (Å²) in [4.78, 5) is 10.6. The van der Waals surface area contributed by atoms with E-state index in [1.807, 2.05) is 6.92 Å². The normalized spacial score (nSPS) is 12.4. The average molecular weight is 296 g/mol. The van der Waals surface area contributed by atoms with Gasteiger partial charge in [-0.15, -0.1) is 0 Å². The van der Waals surface area contributed by atoms with Crippen LogP contribution in [0.15, 0.2) is 18.2 Å². The lowest BCUT2D eigenvalue weighted by Gasteiger charge is -2.14. The third-order valence-electron chi connectivity index (χ3n) is 2.99. The first kappa shape index (κ1) is 17.4. The smallest absolute Gasteiger partial charge is 0.311 e. The predicted octanol–water partition coefficient (Wildman–Crippen LogP) is 2.14. The van der Waals surface area contributed by atoms with E-state index in [9.17, 15) is 15.2 Å². The quantitative estimate of drug-likeness (QED) is 0.539. The van der Waals surface area contributed by atoms with E-state index >= 15 is 0 Å². The number of hydrogen-bond donors (Lipinski definition) is 2. The van der Waals surface area contributed by atoms with Crippen LogP contribution in [0.3, 0.4) is 0 Å². The van der Waals surface area contributed by atoms with E-state index in [-0.39, 0.29) is 18.0 Å². The molecule has 0 fully saturated rings. The Hall–Kier alpha value is -1.66. The molecule has 0 radical (unpaired) electrons. The molecule has 1 aromatic rings. The second kappa shape index (κ2) is 8.59. The minimum absolute atomic E-state index is 0.0252. The largest absolute Gasteiger partial charge is 0.484 e. The highest BCUT2D eigenvalue weighted by Crippen LogP contribution is 2.28. The van der Waals surface area contributed by atoms with Gasteiger partial charge in [-0.25, -0.2) is 0 Å². The molecule has 0 spiro atoms. The van der Waals surface area contributed by atoms with Crippen LogP contribution in [0.25, 0.3) is 0 Å². The molecule has 0 saturated carbocycles. The van der Waals surface area contributed by atoms with Crippen LogP contribution in [0.5, 0.6) is 5.75 Å². The summed E-state index contributed by atoms with van der Waals surface area (Å²) in [7, 11) is 0. The molecule has 0 heterocycles. The minimum atomic E-state index is -0.700. The number of rotatable bonds is 9. The number of benzene rings is 1. The van der Waals surface area contributed by atoms with Crippen molar-refractivity contribution in [2.75, 3.05) is 19.7 Å². The molecule has 0 amide bonds. The van der Waals surface area contributed by atoms with Gasteiger partial charge < -0.3 is 15.2 Å². The zero-order valence-corrected chi connectivity index (χ0v) is 12.8. The Morgan fingerprint density at radius 1 is 1.38 bits per heavy atom. The van der Waals surface area contributed by atoms with E-state index in [1.54, 1.807) is 12.1 Å². The van der Waals surface area contributed by atoms with Crippen LogP contribution in [0.2, 0.25) is 0 Å². The Morgan fingerprint density at radius 3 is 2.67 bits per heavy atom. The van der Waals surface area contributed by atoms with Crippen molar-refractivity contribution >= 4 is 5.69 Å². The number of aliphatic hydroxyl groups excluding tert-OH is 1. The number of nitrogens with one attached hydrogen (secondary N) is 1. The van der Waals surface area contributed by atoms with Crippen molar-refractivity contribution in [1.29, 1.82) is 0 Å². The van der Waals surface area contributed by atoms with Gasteiger partial charge in [-0.2, -0.15) is 0 Å². The molecule has 1 unspecified atom stereocenters. The summed E-state index contributed by atoms with van der Waals surface area (Å²) in [6.45, 7) is 7.33. The first-order valence-electron chi connectivity index (χ1n) is 7.22. The second-order valence-electron chi connectivity index (χ2n) is 5.43. The van der Waals surface area contributed by atoms with Gasteiger partial charge in [-0.05, 0) is 30.5 Å².